The van der Waals surface area contributed by atoms with Crippen molar-refractivity contribution in [2.45, 2.75) is 19.9 Å². The molecule has 0 bridgehead atoms. The molecule has 106 valence electrons. The number of hydrogen-bond acceptors (Lipinski definition) is 3. The predicted molar refractivity (Wildman–Crippen MR) is 80.3 cm³/mol. The predicted octanol–water partition coefficient (Wildman–Crippen LogP) is 3.66. The molecule has 20 heavy (non-hydrogen) atoms. The normalized spacial score (nSPS) is 12.6. The van der Waals surface area contributed by atoms with E-state index in [0.29, 0.717) is 12.5 Å². The lowest BCUT2D eigenvalue weighted by molar-refractivity contribution is 0.00838. The van der Waals surface area contributed by atoms with Crippen molar-refractivity contribution in [3.05, 3.63) is 65.7 Å². The molecular formula is C17H21NO2. The Kier molecular flexibility index (Phi) is 5.16. The van der Waals surface area contributed by atoms with Crippen molar-refractivity contribution in [3.63, 3.8) is 0 Å². The summed E-state index contributed by atoms with van der Waals surface area (Å²) in [6, 6.07) is 17.3. The van der Waals surface area contributed by atoms with Crippen LogP contribution in [0.2, 0.25) is 0 Å². The van der Waals surface area contributed by atoms with Crippen molar-refractivity contribution < 1.29 is 9.94 Å². The molecule has 0 aliphatic carbocycles. The Hall–Kier alpha value is -1.84. The fourth-order valence-corrected chi connectivity index (χ4v) is 1.94. The van der Waals surface area contributed by atoms with Gasteiger partial charge in [-0.3, -0.25) is 0 Å². The standard InChI is InChI=1S/C17H21NO2/c1-13(2)12-20-18-17(14-6-4-3-5-7-14)15-8-10-16(19)11-9-15/h3-11,13,17-19H,12H2,1-2H3. The fourth-order valence-electron chi connectivity index (χ4n) is 1.94. The van der Waals surface area contributed by atoms with Crippen LogP contribution in [0.4, 0.5) is 0 Å². The molecule has 2 rings (SSSR count). The minimum atomic E-state index is -0.0458. The van der Waals surface area contributed by atoms with Crippen LogP contribution in [0.1, 0.15) is 31.0 Å². The van der Waals surface area contributed by atoms with E-state index in [0.717, 1.165) is 11.1 Å². The molecule has 0 heterocycles. The molecule has 2 N–H and O–H groups in total. The summed E-state index contributed by atoms with van der Waals surface area (Å²) in [5.41, 5.74) is 5.30. The number of phenols is 1. The summed E-state index contributed by atoms with van der Waals surface area (Å²) in [5, 5.41) is 9.41. The van der Waals surface area contributed by atoms with Gasteiger partial charge in [-0.1, -0.05) is 56.3 Å². The van der Waals surface area contributed by atoms with E-state index in [1.165, 1.54) is 0 Å². The van der Waals surface area contributed by atoms with Crippen molar-refractivity contribution in [2.24, 2.45) is 5.92 Å². The highest BCUT2D eigenvalue weighted by atomic mass is 16.6. The highest BCUT2D eigenvalue weighted by molar-refractivity contribution is 5.34. The number of phenolic OH excluding ortho intramolecular Hbond substituents is 1. The third kappa shape index (κ3) is 4.08. The summed E-state index contributed by atoms with van der Waals surface area (Å²) in [7, 11) is 0. The lowest BCUT2D eigenvalue weighted by Crippen LogP contribution is -2.24. The number of rotatable bonds is 6. The van der Waals surface area contributed by atoms with E-state index < -0.39 is 0 Å². The van der Waals surface area contributed by atoms with E-state index in [4.69, 9.17) is 4.84 Å². The third-order valence-corrected chi connectivity index (χ3v) is 2.98. The van der Waals surface area contributed by atoms with Crippen molar-refractivity contribution in [3.8, 4) is 5.75 Å². The first-order valence-electron chi connectivity index (χ1n) is 6.88. The zero-order chi connectivity index (χ0) is 14.4. The van der Waals surface area contributed by atoms with Gasteiger partial charge in [-0.2, -0.15) is 5.48 Å². The lowest BCUT2D eigenvalue weighted by atomic mass is 9.99. The van der Waals surface area contributed by atoms with Gasteiger partial charge >= 0.3 is 0 Å². The maximum absolute atomic E-state index is 9.41. The number of hydrogen-bond donors (Lipinski definition) is 2. The van der Waals surface area contributed by atoms with Crippen molar-refractivity contribution in [1.82, 2.24) is 5.48 Å². The molecular weight excluding hydrogens is 250 g/mol. The number of nitrogens with one attached hydrogen (secondary N) is 1. The first-order valence-corrected chi connectivity index (χ1v) is 6.88. The summed E-state index contributed by atoms with van der Waals surface area (Å²) >= 11 is 0. The number of benzene rings is 2. The zero-order valence-corrected chi connectivity index (χ0v) is 11.9. The van der Waals surface area contributed by atoms with Crippen LogP contribution in [0.5, 0.6) is 5.75 Å². The van der Waals surface area contributed by atoms with Gasteiger partial charge in [0.1, 0.15) is 5.75 Å². The van der Waals surface area contributed by atoms with Gasteiger partial charge in [-0.05, 0) is 29.2 Å². The molecule has 0 radical (unpaired) electrons. The topological polar surface area (TPSA) is 41.5 Å². The van der Waals surface area contributed by atoms with Crippen LogP contribution in [0, 0.1) is 5.92 Å². The van der Waals surface area contributed by atoms with Crippen LogP contribution in [0.25, 0.3) is 0 Å². The molecule has 3 heteroatoms. The Morgan fingerprint density at radius 3 is 2.15 bits per heavy atom. The summed E-state index contributed by atoms with van der Waals surface area (Å²) in [6.45, 7) is 4.88. The van der Waals surface area contributed by atoms with Crippen LogP contribution >= 0.6 is 0 Å². The zero-order valence-electron chi connectivity index (χ0n) is 11.9. The van der Waals surface area contributed by atoms with E-state index >= 15 is 0 Å². The highest BCUT2D eigenvalue weighted by Crippen LogP contribution is 2.23. The van der Waals surface area contributed by atoms with Gasteiger partial charge in [-0.25, -0.2) is 0 Å². The molecule has 0 saturated carbocycles. The smallest absolute Gasteiger partial charge is 0.115 e. The van der Waals surface area contributed by atoms with Gasteiger partial charge in [0, 0.05) is 0 Å². The van der Waals surface area contributed by atoms with Gasteiger partial charge in [0.2, 0.25) is 0 Å². The largest absolute Gasteiger partial charge is 0.508 e. The minimum Gasteiger partial charge on any atom is -0.508 e. The molecule has 0 aromatic heterocycles. The lowest BCUT2D eigenvalue weighted by Gasteiger charge is -2.20. The molecule has 2 aromatic rings. The molecule has 0 fully saturated rings. The summed E-state index contributed by atoms with van der Waals surface area (Å²) in [6.07, 6.45) is 0. The van der Waals surface area contributed by atoms with E-state index in [1.54, 1.807) is 12.1 Å². The summed E-state index contributed by atoms with van der Waals surface area (Å²) < 4.78 is 0. The average molecular weight is 271 g/mol. The maximum atomic E-state index is 9.41. The van der Waals surface area contributed by atoms with Crippen molar-refractivity contribution in [2.75, 3.05) is 6.61 Å². The number of aromatic hydroxyl groups is 1. The first kappa shape index (κ1) is 14.6. The van der Waals surface area contributed by atoms with Gasteiger partial charge in [0.15, 0.2) is 0 Å². The minimum absolute atomic E-state index is 0.0458. The molecule has 0 aliphatic heterocycles. The monoisotopic (exact) mass is 271 g/mol. The summed E-state index contributed by atoms with van der Waals surface area (Å²) in [5.74, 6) is 0.738. The molecule has 0 amide bonds. The Labute approximate surface area is 120 Å². The molecule has 1 unspecified atom stereocenters. The molecule has 3 nitrogen and oxygen atoms in total. The van der Waals surface area contributed by atoms with Crippen LogP contribution in [0.15, 0.2) is 54.6 Å². The molecule has 0 spiro atoms. The van der Waals surface area contributed by atoms with Gasteiger partial charge in [-0.15, -0.1) is 0 Å². The Balaban J connectivity index is 2.18. The van der Waals surface area contributed by atoms with Crippen molar-refractivity contribution >= 4 is 0 Å². The molecule has 0 aliphatic rings. The van der Waals surface area contributed by atoms with Crippen LogP contribution in [0.3, 0.4) is 0 Å². The Bertz CT molecular complexity index is 508. The van der Waals surface area contributed by atoms with Gasteiger partial charge < -0.3 is 9.94 Å². The molecule has 2 aromatic carbocycles. The first-order chi connectivity index (χ1) is 9.66. The Morgan fingerprint density at radius 2 is 1.55 bits per heavy atom. The number of hydroxylamine groups is 1. The Morgan fingerprint density at radius 1 is 0.950 bits per heavy atom. The quantitative estimate of drug-likeness (QED) is 0.788. The summed E-state index contributed by atoms with van der Waals surface area (Å²) in [4.78, 5) is 5.58. The maximum Gasteiger partial charge on any atom is 0.115 e. The SMILES string of the molecule is CC(C)CONC(c1ccccc1)c1ccc(O)cc1. The van der Waals surface area contributed by atoms with Crippen LogP contribution in [-0.4, -0.2) is 11.7 Å². The van der Waals surface area contributed by atoms with E-state index in [9.17, 15) is 5.11 Å². The van der Waals surface area contributed by atoms with Gasteiger partial charge in [0.05, 0.1) is 12.6 Å². The van der Waals surface area contributed by atoms with E-state index in [2.05, 4.69) is 31.5 Å². The second kappa shape index (κ2) is 7.08. The fraction of sp³-hybridized carbons (Fsp3) is 0.294. The second-order valence-electron chi connectivity index (χ2n) is 5.26. The average Bonchev–Trinajstić information content (AvgIpc) is 2.46. The second-order valence-corrected chi connectivity index (χ2v) is 5.26. The van der Waals surface area contributed by atoms with Crippen LogP contribution < -0.4 is 5.48 Å². The highest BCUT2D eigenvalue weighted by Gasteiger charge is 2.14. The third-order valence-electron chi connectivity index (χ3n) is 2.98. The molecule has 1 atom stereocenters. The van der Waals surface area contributed by atoms with Gasteiger partial charge in [0.25, 0.3) is 0 Å². The molecule has 0 saturated heterocycles. The van der Waals surface area contributed by atoms with E-state index in [-0.39, 0.29) is 11.8 Å². The van der Waals surface area contributed by atoms with E-state index in [1.807, 2.05) is 30.3 Å². The van der Waals surface area contributed by atoms with Crippen LogP contribution in [-0.2, 0) is 4.84 Å². The van der Waals surface area contributed by atoms with Crippen molar-refractivity contribution in [1.29, 1.82) is 0 Å².